The smallest absolute Gasteiger partial charge is 0.139 e. The number of fused-ring (bicyclic) bond motifs is 1. The second kappa shape index (κ2) is 4.09. The first-order valence-electron chi connectivity index (χ1n) is 6.93. The molecule has 1 fully saturated rings. The predicted molar refractivity (Wildman–Crippen MR) is 66.8 cm³/mol. The Morgan fingerprint density at radius 3 is 2.82 bits per heavy atom. The Hall–Kier alpha value is -0.900. The second-order valence-corrected chi connectivity index (χ2v) is 5.69. The van der Waals surface area contributed by atoms with E-state index in [4.69, 9.17) is 5.73 Å². The third-order valence-corrected chi connectivity index (χ3v) is 4.69. The van der Waals surface area contributed by atoms with Gasteiger partial charge in [-0.15, -0.1) is 10.2 Å². The highest BCUT2D eigenvalue weighted by atomic mass is 15.3. The normalized spacial score (nSPS) is 27.1. The summed E-state index contributed by atoms with van der Waals surface area (Å²) in [7, 11) is 0. The summed E-state index contributed by atoms with van der Waals surface area (Å²) in [4.78, 5) is 0. The number of aromatic nitrogens is 3. The van der Waals surface area contributed by atoms with Crippen molar-refractivity contribution in [3.05, 3.63) is 11.6 Å². The lowest BCUT2D eigenvalue weighted by Gasteiger charge is -2.29. The minimum absolute atomic E-state index is 0.285. The lowest BCUT2D eigenvalue weighted by atomic mass is 9.82. The summed E-state index contributed by atoms with van der Waals surface area (Å²) in [5, 5.41) is 8.90. The van der Waals surface area contributed by atoms with E-state index in [2.05, 4.69) is 21.7 Å². The fourth-order valence-corrected chi connectivity index (χ4v) is 3.53. The Balaban J connectivity index is 2.00. The molecule has 0 radical (unpaired) electrons. The van der Waals surface area contributed by atoms with E-state index >= 15 is 0 Å². The van der Waals surface area contributed by atoms with E-state index in [9.17, 15) is 0 Å². The molecular weight excluding hydrogens is 212 g/mol. The molecule has 94 valence electrons. The molecule has 0 amide bonds. The van der Waals surface area contributed by atoms with Gasteiger partial charge in [-0.3, -0.25) is 0 Å². The topological polar surface area (TPSA) is 56.7 Å². The summed E-state index contributed by atoms with van der Waals surface area (Å²) in [5.74, 6) is 2.38. The van der Waals surface area contributed by atoms with E-state index in [1.165, 1.54) is 37.9 Å². The zero-order valence-corrected chi connectivity index (χ0v) is 10.7. The molecule has 1 aromatic rings. The van der Waals surface area contributed by atoms with E-state index in [0.29, 0.717) is 5.41 Å². The van der Waals surface area contributed by atoms with Gasteiger partial charge < -0.3 is 10.3 Å². The maximum Gasteiger partial charge on any atom is 0.139 e. The minimum Gasteiger partial charge on any atom is -0.326 e. The highest BCUT2D eigenvalue weighted by Gasteiger charge is 2.39. The van der Waals surface area contributed by atoms with Gasteiger partial charge in [-0.05, 0) is 25.7 Å². The Bertz CT molecular complexity index is 404. The van der Waals surface area contributed by atoms with Gasteiger partial charge in [0.05, 0.1) is 0 Å². The maximum absolute atomic E-state index is 6.08. The van der Waals surface area contributed by atoms with Crippen LogP contribution in [0.15, 0.2) is 0 Å². The first-order valence-corrected chi connectivity index (χ1v) is 6.93. The molecule has 1 atom stereocenters. The fraction of sp³-hybridized carbons (Fsp3) is 0.846. The zero-order valence-electron chi connectivity index (χ0n) is 10.7. The van der Waals surface area contributed by atoms with Crippen molar-refractivity contribution in [3.63, 3.8) is 0 Å². The van der Waals surface area contributed by atoms with Crippen LogP contribution in [-0.2, 0) is 18.4 Å². The van der Waals surface area contributed by atoms with Crippen LogP contribution in [0.2, 0.25) is 0 Å². The molecule has 1 aromatic heterocycles. The van der Waals surface area contributed by atoms with Crippen molar-refractivity contribution in [1.82, 2.24) is 14.8 Å². The molecule has 2 N–H and O–H groups in total. The van der Waals surface area contributed by atoms with E-state index in [1.54, 1.807) is 0 Å². The van der Waals surface area contributed by atoms with Gasteiger partial charge in [0, 0.05) is 24.4 Å². The van der Waals surface area contributed by atoms with Crippen LogP contribution in [0.5, 0.6) is 0 Å². The highest BCUT2D eigenvalue weighted by Crippen LogP contribution is 2.43. The van der Waals surface area contributed by atoms with Crippen LogP contribution in [0.3, 0.4) is 0 Å². The Kier molecular flexibility index (Phi) is 2.69. The molecule has 1 unspecified atom stereocenters. The standard InChI is InChI=1S/C13H22N4/c1-2-13(7-3-4-8-13)12-16-15-11-6-5-10(14)9-17(11)12/h10H,2-9,14H2,1H3. The average Bonchev–Trinajstić information content (AvgIpc) is 2.94. The van der Waals surface area contributed by atoms with E-state index in [1.807, 2.05) is 0 Å². The van der Waals surface area contributed by atoms with Crippen molar-refractivity contribution >= 4 is 0 Å². The molecule has 4 nitrogen and oxygen atoms in total. The molecule has 0 aromatic carbocycles. The van der Waals surface area contributed by atoms with Gasteiger partial charge in [0.1, 0.15) is 11.6 Å². The summed E-state index contributed by atoms with van der Waals surface area (Å²) in [6.07, 6.45) is 8.45. The van der Waals surface area contributed by atoms with Gasteiger partial charge in [-0.2, -0.15) is 0 Å². The van der Waals surface area contributed by atoms with Crippen molar-refractivity contribution in [3.8, 4) is 0 Å². The van der Waals surface area contributed by atoms with Gasteiger partial charge in [0.2, 0.25) is 0 Å². The highest BCUT2D eigenvalue weighted by molar-refractivity contribution is 5.14. The maximum atomic E-state index is 6.08. The molecule has 3 rings (SSSR count). The van der Waals surface area contributed by atoms with Crippen LogP contribution in [0, 0.1) is 0 Å². The van der Waals surface area contributed by atoms with Crippen molar-refractivity contribution < 1.29 is 0 Å². The molecular formula is C13H22N4. The van der Waals surface area contributed by atoms with Gasteiger partial charge in [-0.25, -0.2) is 0 Å². The third-order valence-electron chi connectivity index (χ3n) is 4.69. The van der Waals surface area contributed by atoms with Crippen LogP contribution in [0.25, 0.3) is 0 Å². The van der Waals surface area contributed by atoms with Crippen molar-refractivity contribution in [1.29, 1.82) is 0 Å². The molecule has 2 heterocycles. The fourth-order valence-electron chi connectivity index (χ4n) is 3.53. The third kappa shape index (κ3) is 1.69. The number of hydrogen-bond acceptors (Lipinski definition) is 3. The summed E-state index contributed by atoms with van der Waals surface area (Å²) in [6.45, 7) is 3.20. The van der Waals surface area contributed by atoms with Crippen molar-refractivity contribution in [2.45, 2.75) is 69.9 Å². The molecule has 1 aliphatic heterocycles. The van der Waals surface area contributed by atoms with Crippen molar-refractivity contribution in [2.75, 3.05) is 0 Å². The number of hydrogen-bond donors (Lipinski definition) is 1. The largest absolute Gasteiger partial charge is 0.326 e. The number of rotatable bonds is 2. The van der Waals surface area contributed by atoms with Crippen molar-refractivity contribution in [2.24, 2.45) is 5.73 Å². The summed E-state index contributed by atoms with van der Waals surface area (Å²) in [5.41, 5.74) is 6.38. The number of nitrogens with two attached hydrogens (primary N) is 1. The van der Waals surface area contributed by atoms with Crippen LogP contribution in [0.4, 0.5) is 0 Å². The molecule has 1 aliphatic carbocycles. The molecule has 0 bridgehead atoms. The summed E-state index contributed by atoms with van der Waals surface area (Å²) >= 11 is 0. The Morgan fingerprint density at radius 1 is 1.35 bits per heavy atom. The minimum atomic E-state index is 0.285. The monoisotopic (exact) mass is 234 g/mol. The molecule has 0 saturated heterocycles. The summed E-state index contributed by atoms with van der Waals surface area (Å²) < 4.78 is 2.32. The molecule has 0 spiro atoms. The van der Waals surface area contributed by atoms with Crippen LogP contribution >= 0.6 is 0 Å². The number of nitrogens with zero attached hydrogens (tertiary/aromatic N) is 3. The predicted octanol–water partition coefficient (Wildman–Crippen LogP) is 1.77. The lowest BCUT2D eigenvalue weighted by molar-refractivity contribution is 0.354. The van der Waals surface area contributed by atoms with Gasteiger partial charge >= 0.3 is 0 Å². The average molecular weight is 234 g/mol. The first-order chi connectivity index (χ1) is 8.25. The summed E-state index contributed by atoms with van der Waals surface area (Å²) in [6, 6.07) is 0.285. The van der Waals surface area contributed by atoms with E-state index < -0.39 is 0 Å². The van der Waals surface area contributed by atoms with Gasteiger partial charge in [0.25, 0.3) is 0 Å². The van der Waals surface area contributed by atoms with Crippen LogP contribution in [0.1, 0.15) is 57.1 Å². The van der Waals surface area contributed by atoms with Crippen LogP contribution in [-0.4, -0.2) is 20.8 Å². The van der Waals surface area contributed by atoms with E-state index in [0.717, 1.165) is 25.2 Å². The lowest BCUT2D eigenvalue weighted by Crippen LogP contribution is -2.35. The second-order valence-electron chi connectivity index (χ2n) is 5.69. The molecule has 1 saturated carbocycles. The first kappa shape index (κ1) is 11.2. The van der Waals surface area contributed by atoms with Crippen LogP contribution < -0.4 is 5.73 Å². The zero-order chi connectivity index (χ0) is 11.9. The van der Waals surface area contributed by atoms with E-state index in [-0.39, 0.29) is 6.04 Å². The number of aryl methyl sites for hydroxylation is 1. The SMILES string of the molecule is CCC1(c2nnc3n2CC(N)CC3)CCCC1. The quantitative estimate of drug-likeness (QED) is 0.848. The van der Waals surface area contributed by atoms with Gasteiger partial charge in [-0.1, -0.05) is 19.8 Å². The molecule has 2 aliphatic rings. The molecule has 17 heavy (non-hydrogen) atoms. The van der Waals surface area contributed by atoms with Gasteiger partial charge in [0.15, 0.2) is 0 Å². The Labute approximate surface area is 103 Å². The molecule has 4 heteroatoms. The Morgan fingerprint density at radius 2 is 2.12 bits per heavy atom.